The molecular formula is C17H11ClN2O4S. The number of rotatable bonds is 5. The van der Waals surface area contributed by atoms with Crippen molar-refractivity contribution in [1.29, 1.82) is 0 Å². The fraction of sp³-hybridized carbons (Fsp3) is 0.0588. The van der Waals surface area contributed by atoms with Gasteiger partial charge >= 0.3 is 5.97 Å². The predicted octanol–water partition coefficient (Wildman–Crippen LogP) is 4.73. The molecule has 8 heteroatoms. The molecule has 0 aliphatic heterocycles. The second-order valence-corrected chi connectivity index (χ2v) is 6.27. The number of ether oxygens (including phenoxy) is 1. The highest BCUT2D eigenvalue weighted by Crippen LogP contribution is 2.26. The summed E-state index contributed by atoms with van der Waals surface area (Å²) >= 11 is 7.18. The summed E-state index contributed by atoms with van der Waals surface area (Å²) in [6.45, 7) is -0.0153. The minimum Gasteiger partial charge on any atom is -0.456 e. The SMILES string of the molecule is O=C(OCc1csc(-c2ccccc2)n1)c1ccc(Cl)c([N+](=O)[O-])c1. The zero-order valence-electron chi connectivity index (χ0n) is 12.7. The van der Waals surface area contributed by atoms with Gasteiger partial charge < -0.3 is 4.74 Å². The summed E-state index contributed by atoms with van der Waals surface area (Å²) in [7, 11) is 0. The van der Waals surface area contributed by atoms with E-state index in [1.165, 1.54) is 23.5 Å². The number of nitro benzene ring substituents is 1. The summed E-state index contributed by atoms with van der Waals surface area (Å²) in [4.78, 5) is 26.7. The van der Waals surface area contributed by atoms with Gasteiger partial charge in [-0.2, -0.15) is 0 Å². The Labute approximate surface area is 151 Å². The number of hydrogen-bond donors (Lipinski definition) is 0. The van der Waals surface area contributed by atoms with Crippen molar-refractivity contribution < 1.29 is 14.5 Å². The minimum atomic E-state index is -0.672. The molecular weight excluding hydrogens is 364 g/mol. The van der Waals surface area contributed by atoms with Crippen molar-refractivity contribution in [3.05, 3.63) is 80.3 Å². The zero-order valence-corrected chi connectivity index (χ0v) is 14.3. The third-order valence-corrected chi connectivity index (χ3v) is 4.56. The first-order valence-corrected chi connectivity index (χ1v) is 8.41. The number of aromatic nitrogens is 1. The van der Waals surface area contributed by atoms with Crippen molar-refractivity contribution in [2.45, 2.75) is 6.61 Å². The van der Waals surface area contributed by atoms with Crippen molar-refractivity contribution in [3.8, 4) is 10.6 Å². The molecule has 0 saturated carbocycles. The molecule has 3 aromatic rings. The second-order valence-electron chi connectivity index (χ2n) is 5.01. The van der Waals surface area contributed by atoms with Crippen LogP contribution >= 0.6 is 22.9 Å². The largest absolute Gasteiger partial charge is 0.456 e. The molecule has 1 heterocycles. The van der Waals surface area contributed by atoms with Gasteiger partial charge in [0.05, 0.1) is 16.2 Å². The minimum absolute atomic E-state index is 0.0153. The normalized spacial score (nSPS) is 10.4. The molecule has 0 N–H and O–H groups in total. The smallest absolute Gasteiger partial charge is 0.338 e. The van der Waals surface area contributed by atoms with Gasteiger partial charge in [-0.25, -0.2) is 9.78 Å². The lowest BCUT2D eigenvalue weighted by molar-refractivity contribution is -0.384. The van der Waals surface area contributed by atoms with Crippen LogP contribution in [0.4, 0.5) is 5.69 Å². The van der Waals surface area contributed by atoms with Gasteiger partial charge in [-0.3, -0.25) is 10.1 Å². The number of carbonyl (C=O) groups excluding carboxylic acids is 1. The molecule has 0 spiro atoms. The van der Waals surface area contributed by atoms with Crippen LogP contribution in [0.3, 0.4) is 0 Å². The topological polar surface area (TPSA) is 82.3 Å². The van der Waals surface area contributed by atoms with Crippen LogP contribution in [0, 0.1) is 10.1 Å². The Kier molecular flexibility index (Phi) is 5.06. The average Bonchev–Trinajstić information content (AvgIpc) is 3.09. The van der Waals surface area contributed by atoms with E-state index in [0.717, 1.165) is 16.6 Å². The predicted molar refractivity (Wildman–Crippen MR) is 94.8 cm³/mol. The molecule has 0 radical (unpaired) electrons. The van der Waals surface area contributed by atoms with Crippen LogP contribution in [0.1, 0.15) is 16.1 Å². The number of esters is 1. The van der Waals surface area contributed by atoms with Gasteiger partial charge in [0.15, 0.2) is 0 Å². The molecule has 0 unspecified atom stereocenters. The van der Waals surface area contributed by atoms with Crippen molar-refractivity contribution in [3.63, 3.8) is 0 Å². The number of nitrogens with zero attached hydrogens (tertiary/aromatic N) is 2. The van der Waals surface area contributed by atoms with Crippen LogP contribution in [0.15, 0.2) is 53.9 Å². The van der Waals surface area contributed by atoms with E-state index in [2.05, 4.69) is 4.98 Å². The Hall–Kier alpha value is -2.77. The number of benzene rings is 2. The third kappa shape index (κ3) is 4.01. The van der Waals surface area contributed by atoms with Gasteiger partial charge in [0, 0.05) is 17.0 Å². The third-order valence-electron chi connectivity index (χ3n) is 3.30. The van der Waals surface area contributed by atoms with E-state index in [-0.39, 0.29) is 22.9 Å². The summed E-state index contributed by atoms with van der Waals surface area (Å²) in [5.41, 5.74) is 1.32. The van der Waals surface area contributed by atoms with Crippen LogP contribution in [-0.4, -0.2) is 15.9 Å². The molecule has 25 heavy (non-hydrogen) atoms. The van der Waals surface area contributed by atoms with E-state index in [4.69, 9.17) is 16.3 Å². The van der Waals surface area contributed by atoms with Crippen molar-refractivity contribution in [2.24, 2.45) is 0 Å². The Morgan fingerprint density at radius 1 is 1.24 bits per heavy atom. The van der Waals surface area contributed by atoms with E-state index in [0.29, 0.717) is 5.69 Å². The standard InChI is InChI=1S/C17H11ClN2O4S/c18-14-7-6-12(8-15(14)20(22)23)17(21)24-9-13-10-25-16(19-13)11-4-2-1-3-5-11/h1-8,10H,9H2. The molecule has 0 aliphatic rings. The molecule has 1 aromatic heterocycles. The molecule has 6 nitrogen and oxygen atoms in total. The van der Waals surface area contributed by atoms with E-state index in [1.54, 1.807) is 5.38 Å². The van der Waals surface area contributed by atoms with Crippen LogP contribution in [0.5, 0.6) is 0 Å². The Morgan fingerprint density at radius 2 is 2.00 bits per heavy atom. The lowest BCUT2D eigenvalue weighted by atomic mass is 10.2. The summed E-state index contributed by atoms with van der Waals surface area (Å²) in [6.07, 6.45) is 0. The Bertz CT molecular complexity index is 927. The molecule has 0 saturated heterocycles. The van der Waals surface area contributed by atoms with Crippen molar-refractivity contribution >= 4 is 34.6 Å². The second kappa shape index (κ2) is 7.42. The highest BCUT2D eigenvalue weighted by molar-refractivity contribution is 7.13. The number of carbonyl (C=O) groups is 1. The van der Waals surface area contributed by atoms with E-state index >= 15 is 0 Å². The molecule has 126 valence electrons. The van der Waals surface area contributed by atoms with Gasteiger partial charge in [0.1, 0.15) is 16.6 Å². The molecule has 0 aliphatic carbocycles. The molecule has 0 atom stereocenters. The lowest BCUT2D eigenvalue weighted by Crippen LogP contribution is -2.06. The maximum Gasteiger partial charge on any atom is 0.338 e. The number of hydrogen-bond acceptors (Lipinski definition) is 6. The molecule has 0 amide bonds. The first-order valence-electron chi connectivity index (χ1n) is 7.15. The summed E-state index contributed by atoms with van der Waals surface area (Å²) in [6, 6.07) is 13.4. The summed E-state index contributed by atoms with van der Waals surface area (Å²) in [5.74, 6) is -0.672. The summed E-state index contributed by atoms with van der Waals surface area (Å²) < 4.78 is 5.18. The monoisotopic (exact) mass is 374 g/mol. The van der Waals surface area contributed by atoms with Crippen molar-refractivity contribution in [2.75, 3.05) is 0 Å². The van der Waals surface area contributed by atoms with E-state index in [9.17, 15) is 14.9 Å². The number of nitro groups is 1. The maximum absolute atomic E-state index is 12.1. The number of thiazole rings is 1. The van der Waals surface area contributed by atoms with Gasteiger partial charge in [-0.05, 0) is 12.1 Å². The first kappa shape index (κ1) is 17.1. The lowest BCUT2D eigenvalue weighted by Gasteiger charge is -2.03. The fourth-order valence-corrected chi connectivity index (χ4v) is 3.09. The van der Waals surface area contributed by atoms with Crippen LogP contribution in [0.2, 0.25) is 5.02 Å². The highest BCUT2D eigenvalue weighted by Gasteiger charge is 2.17. The molecule has 2 aromatic carbocycles. The average molecular weight is 375 g/mol. The van der Waals surface area contributed by atoms with Crippen LogP contribution in [-0.2, 0) is 11.3 Å². The summed E-state index contributed by atoms with van der Waals surface area (Å²) in [5, 5.41) is 13.5. The highest BCUT2D eigenvalue weighted by atomic mass is 35.5. The van der Waals surface area contributed by atoms with E-state index < -0.39 is 10.9 Å². The van der Waals surface area contributed by atoms with Crippen LogP contribution in [0.25, 0.3) is 10.6 Å². The Balaban J connectivity index is 1.68. The van der Waals surface area contributed by atoms with Crippen LogP contribution < -0.4 is 0 Å². The molecule has 0 fully saturated rings. The number of halogens is 1. The molecule has 0 bridgehead atoms. The fourth-order valence-electron chi connectivity index (χ4n) is 2.09. The van der Waals surface area contributed by atoms with Crippen molar-refractivity contribution in [1.82, 2.24) is 4.98 Å². The maximum atomic E-state index is 12.1. The quantitative estimate of drug-likeness (QED) is 0.366. The first-order chi connectivity index (χ1) is 12.0. The van der Waals surface area contributed by atoms with Gasteiger partial charge in [-0.15, -0.1) is 11.3 Å². The van der Waals surface area contributed by atoms with Gasteiger partial charge in [-0.1, -0.05) is 41.9 Å². The van der Waals surface area contributed by atoms with E-state index in [1.807, 2.05) is 30.3 Å². The van der Waals surface area contributed by atoms with Gasteiger partial charge in [0.25, 0.3) is 5.69 Å². The Morgan fingerprint density at radius 3 is 2.72 bits per heavy atom. The zero-order chi connectivity index (χ0) is 17.8. The molecule has 3 rings (SSSR count). The van der Waals surface area contributed by atoms with Gasteiger partial charge in [0.2, 0.25) is 0 Å².